The molecule has 6 heteroatoms. The Hall–Kier alpha value is -3.51. The molecule has 0 atom stereocenters. The van der Waals surface area contributed by atoms with Gasteiger partial charge in [-0.2, -0.15) is 0 Å². The van der Waals surface area contributed by atoms with Gasteiger partial charge in [0.05, 0.1) is 15.6 Å². The third kappa shape index (κ3) is 4.09. The molecular weight excluding hydrogens is 392 g/mol. The second-order valence-corrected chi connectivity index (χ2v) is 8.39. The van der Waals surface area contributed by atoms with Gasteiger partial charge >= 0.3 is 0 Å². The number of nitrogen functional groups attached to an aromatic ring is 1. The minimum absolute atomic E-state index is 0.0908. The molecule has 4 rings (SSSR count). The highest BCUT2D eigenvalue weighted by Crippen LogP contribution is 2.39. The summed E-state index contributed by atoms with van der Waals surface area (Å²) in [5.41, 5.74) is 12.8. The van der Waals surface area contributed by atoms with Crippen molar-refractivity contribution in [2.24, 2.45) is 0 Å². The van der Waals surface area contributed by atoms with Crippen molar-refractivity contribution in [3.05, 3.63) is 71.4 Å². The van der Waals surface area contributed by atoms with Gasteiger partial charge in [-0.05, 0) is 55.3 Å². The van der Waals surface area contributed by atoms with Gasteiger partial charge in [-0.25, -0.2) is 9.97 Å². The second kappa shape index (κ2) is 8.08. The number of aryl methyl sites for hydroxylation is 2. The van der Waals surface area contributed by atoms with Crippen molar-refractivity contribution in [3.8, 4) is 32.8 Å². The van der Waals surface area contributed by atoms with Crippen LogP contribution in [0.25, 0.3) is 32.8 Å². The zero-order valence-corrected chi connectivity index (χ0v) is 17.9. The molecule has 4 aromatic rings. The van der Waals surface area contributed by atoms with E-state index in [-0.39, 0.29) is 5.91 Å². The van der Waals surface area contributed by atoms with E-state index in [2.05, 4.69) is 34.6 Å². The molecule has 0 spiro atoms. The number of nitrogens with zero attached hydrogens (tertiary/aromatic N) is 2. The van der Waals surface area contributed by atoms with Gasteiger partial charge in [0.15, 0.2) is 0 Å². The van der Waals surface area contributed by atoms with Crippen LogP contribution in [0.15, 0.2) is 60.8 Å². The summed E-state index contributed by atoms with van der Waals surface area (Å²) >= 11 is 1.65. The van der Waals surface area contributed by atoms with Crippen molar-refractivity contribution in [3.63, 3.8) is 0 Å². The molecule has 0 saturated carbocycles. The first-order chi connectivity index (χ1) is 14.4. The number of pyridine rings is 1. The summed E-state index contributed by atoms with van der Waals surface area (Å²) in [5, 5.41) is 3.92. The Balaban J connectivity index is 1.84. The molecule has 0 aliphatic heterocycles. The second-order valence-electron chi connectivity index (χ2n) is 7.19. The number of hydrogen-bond acceptors (Lipinski definition) is 5. The van der Waals surface area contributed by atoms with Crippen LogP contribution in [-0.4, -0.2) is 15.9 Å². The maximum Gasteiger partial charge on any atom is 0.221 e. The number of nitrogens with two attached hydrogens (primary N) is 1. The quantitative estimate of drug-likeness (QED) is 0.449. The van der Waals surface area contributed by atoms with Crippen LogP contribution >= 0.6 is 11.3 Å². The Kier molecular flexibility index (Phi) is 5.33. The molecule has 3 N–H and O–H groups in total. The van der Waals surface area contributed by atoms with Crippen LogP contribution in [0.5, 0.6) is 0 Å². The number of carbonyl (C=O) groups is 1. The van der Waals surface area contributed by atoms with Crippen molar-refractivity contribution >= 4 is 28.7 Å². The molecule has 0 aliphatic rings. The zero-order valence-electron chi connectivity index (χ0n) is 17.1. The molecule has 0 unspecified atom stereocenters. The van der Waals surface area contributed by atoms with Gasteiger partial charge in [-0.15, -0.1) is 11.3 Å². The number of benzene rings is 2. The maximum absolute atomic E-state index is 11.7. The van der Waals surface area contributed by atoms with E-state index in [1.165, 1.54) is 6.92 Å². The fourth-order valence-electron chi connectivity index (χ4n) is 3.44. The average Bonchev–Trinajstić information content (AvgIpc) is 3.11. The highest BCUT2D eigenvalue weighted by Gasteiger charge is 2.15. The summed E-state index contributed by atoms with van der Waals surface area (Å²) in [6.07, 6.45) is 1.70. The van der Waals surface area contributed by atoms with Crippen molar-refractivity contribution in [2.45, 2.75) is 20.8 Å². The molecule has 150 valence electrons. The van der Waals surface area contributed by atoms with E-state index in [1.807, 2.05) is 44.2 Å². The van der Waals surface area contributed by atoms with Crippen LogP contribution in [0.2, 0.25) is 0 Å². The molecule has 0 saturated heterocycles. The van der Waals surface area contributed by atoms with Crippen molar-refractivity contribution in [2.75, 3.05) is 11.1 Å². The van der Waals surface area contributed by atoms with Crippen LogP contribution < -0.4 is 11.1 Å². The lowest BCUT2D eigenvalue weighted by Crippen LogP contribution is -2.07. The number of rotatable bonds is 4. The Morgan fingerprint density at radius 3 is 2.57 bits per heavy atom. The van der Waals surface area contributed by atoms with Crippen molar-refractivity contribution < 1.29 is 4.79 Å². The molecule has 0 aliphatic carbocycles. The topological polar surface area (TPSA) is 80.9 Å². The predicted molar refractivity (Wildman–Crippen MR) is 124 cm³/mol. The third-order valence-corrected chi connectivity index (χ3v) is 5.73. The smallest absolute Gasteiger partial charge is 0.221 e. The summed E-state index contributed by atoms with van der Waals surface area (Å²) in [4.78, 5) is 21.6. The monoisotopic (exact) mass is 414 g/mol. The first-order valence-electron chi connectivity index (χ1n) is 9.59. The summed E-state index contributed by atoms with van der Waals surface area (Å²) in [5.74, 6) is 0.379. The summed E-state index contributed by atoms with van der Waals surface area (Å²) in [7, 11) is 0. The van der Waals surface area contributed by atoms with E-state index < -0.39 is 0 Å². The van der Waals surface area contributed by atoms with Crippen LogP contribution in [-0.2, 0) is 4.79 Å². The summed E-state index contributed by atoms with van der Waals surface area (Å²) < 4.78 is 0. The molecule has 1 amide bonds. The van der Waals surface area contributed by atoms with E-state index in [0.717, 1.165) is 49.1 Å². The highest BCUT2D eigenvalue weighted by molar-refractivity contribution is 7.15. The Morgan fingerprint density at radius 2 is 1.80 bits per heavy atom. The fourth-order valence-corrected chi connectivity index (χ4v) is 4.37. The van der Waals surface area contributed by atoms with Gasteiger partial charge in [0.25, 0.3) is 0 Å². The lowest BCUT2D eigenvalue weighted by molar-refractivity contribution is -0.114. The number of aromatic nitrogens is 2. The normalized spacial score (nSPS) is 10.8. The molecule has 30 heavy (non-hydrogen) atoms. The van der Waals surface area contributed by atoms with E-state index in [9.17, 15) is 4.79 Å². The Bertz CT molecular complexity index is 1250. The van der Waals surface area contributed by atoms with Gasteiger partial charge in [0.1, 0.15) is 5.82 Å². The maximum atomic E-state index is 11.7. The fraction of sp³-hybridized carbons (Fsp3) is 0.125. The molecular formula is C24H22N4OS. The molecule has 5 nitrogen and oxygen atoms in total. The SMILES string of the molecule is CC(=O)Nc1ccc(C)cc1-c1cccc(-c2sc(C)nc2-c2ccnc(N)c2)c1. The minimum Gasteiger partial charge on any atom is -0.384 e. The number of nitrogens with one attached hydrogen (secondary N) is 1. The van der Waals surface area contributed by atoms with Gasteiger partial charge in [0.2, 0.25) is 5.91 Å². The largest absolute Gasteiger partial charge is 0.384 e. The number of thiazole rings is 1. The average molecular weight is 415 g/mol. The van der Waals surface area contributed by atoms with Crippen molar-refractivity contribution in [1.29, 1.82) is 0 Å². The Labute approximate surface area is 179 Å². The van der Waals surface area contributed by atoms with Gasteiger partial charge < -0.3 is 11.1 Å². The van der Waals surface area contributed by atoms with Crippen molar-refractivity contribution in [1.82, 2.24) is 9.97 Å². The lowest BCUT2D eigenvalue weighted by atomic mass is 9.98. The first kappa shape index (κ1) is 19.8. The van der Waals surface area contributed by atoms with E-state index >= 15 is 0 Å². The van der Waals surface area contributed by atoms with Crippen LogP contribution in [0.3, 0.4) is 0 Å². The molecule has 2 aromatic carbocycles. The zero-order chi connectivity index (χ0) is 21.3. The third-order valence-electron chi connectivity index (χ3n) is 4.71. The molecule has 2 heterocycles. The first-order valence-corrected chi connectivity index (χ1v) is 10.4. The summed E-state index contributed by atoms with van der Waals surface area (Å²) in [6.45, 7) is 5.57. The Morgan fingerprint density at radius 1 is 1.00 bits per heavy atom. The van der Waals surface area contributed by atoms with Gasteiger partial charge in [-0.1, -0.05) is 29.8 Å². The summed E-state index contributed by atoms with van der Waals surface area (Å²) in [6, 6.07) is 18.1. The highest BCUT2D eigenvalue weighted by atomic mass is 32.1. The molecule has 2 aromatic heterocycles. The van der Waals surface area contributed by atoms with E-state index in [1.54, 1.807) is 17.5 Å². The minimum atomic E-state index is -0.0908. The standard InChI is InChI=1S/C24H22N4OS/c1-14-7-8-21(27-15(2)29)20(11-14)17-5-4-6-19(12-17)24-23(28-16(3)30-24)18-9-10-26-22(25)13-18/h4-13H,1-3H3,(H2,25,26)(H,27,29). The van der Waals surface area contributed by atoms with Crippen LogP contribution in [0.4, 0.5) is 11.5 Å². The van der Waals surface area contributed by atoms with Crippen LogP contribution in [0, 0.1) is 13.8 Å². The number of anilines is 2. The van der Waals surface area contributed by atoms with Gasteiger partial charge in [0, 0.05) is 29.9 Å². The number of carbonyl (C=O) groups excluding carboxylic acids is 1. The molecule has 0 radical (unpaired) electrons. The van der Waals surface area contributed by atoms with Crippen LogP contribution in [0.1, 0.15) is 17.5 Å². The lowest BCUT2D eigenvalue weighted by Gasteiger charge is -2.13. The molecule has 0 fully saturated rings. The molecule has 0 bridgehead atoms. The number of amides is 1. The van der Waals surface area contributed by atoms with E-state index in [4.69, 9.17) is 10.7 Å². The number of hydrogen-bond donors (Lipinski definition) is 2. The van der Waals surface area contributed by atoms with E-state index in [0.29, 0.717) is 5.82 Å². The van der Waals surface area contributed by atoms with Gasteiger partial charge in [-0.3, -0.25) is 4.79 Å². The predicted octanol–water partition coefficient (Wildman–Crippen LogP) is 5.70.